The summed E-state index contributed by atoms with van der Waals surface area (Å²) in [6.07, 6.45) is 0.0116. The number of methoxy groups -OCH3 is 1. The van der Waals surface area contributed by atoms with Gasteiger partial charge in [-0.1, -0.05) is 6.92 Å². The number of rotatable bonds is 6. The second kappa shape index (κ2) is 8.75. The number of halogens is 1. The first-order chi connectivity index (χ1) is 13.1. The molecule has 1 saturated heterocycles. The quantitative estimate of drug-likeness (QED) is 0.780. The zero-order chi connectivity index (χ0) is 19.2. The molecule has 1 atom stereocenters. The SMILES string of the molecule is CC[C@H](Oc1ccc(F)cc1)C(=O)N1CCN(c2ccc(OC)cc2)CC1. The van der Waals surface area contributed by atoms with E-state index in [0.29, 0.717) is 25.3 Å². The van der Waals surface area contributed by atoms with E-state index in [2.05, 4.69) is 4.90 Å². The molecule has 1 fully saturated rings. The van der Waals surface area contributed by atoms with Crippen LogP contribution in [0.5, 0.6) is 11.5 Å². The van der Waals surface area contributed by atoms with Crippen LogP contribution in [0.25, 0.3) is 0 Å². The van der Waals surface area contributed by atoms with Crippen molar-refractivity contribution in [1.29, 1.82) is 0 Å². The third-order valence-corrected chi connectivity index (χ3v) is 4.77. The van der Waals surface area contributed by atoms with Gasteiger partial charge in [0.15, 0.2) is 6.10 Å². The maximum Gasteiger partial charge on any atom is 0.263 e. The van der Waals surface area contributed by atoms with Crippen LogP contribution >= 0.6 is 0 Å². The highest BCUT2D eigenvalue weighted by molar-refractivity contribution is 5.81. The van der Waals surface area contributed by atoms with E-state index in [0.717, 1.165) is 24.5 Å². The summed E-state index contributed by atoms with van der Waals surface area (Å²) in [4.78, 5) is 16.9. The minimum Gasteiger partial charge on any atom is -0.497 e. The summed E-state index contributed by atoms with van der Waals surface area (Å²) in [6.45, 7) is 4.75. The molecule has 2 aromatic carbocycles. The third kappa shape index (κ3) is 4.70. The second-order valence-electron chi connectivity index (χ2n) is 6.48. The largest absolute Gasteiger partial charge is 0.497 e. The topological polar surface area (TPSA) is 42.0 Å². The first-order valence-corrected chi connectivity index (χ1v) is 9.20. The van der Waals surface area contributed by atoms with E-state index in [1.807, 2.05) is 36.1 Å². The summed E-state index contributed by atoms with van der Waals surface area (Å²) < 4.78 is 24.0. The van der Waals surface area contributed by atoms with Crippen molar-refractivity contribution >= 4 is 11.6 Å². The van der Waals surface area contributed by atoms with Gasteiger partial charge >= 0.3 is 0 Å². The summed E-state index contributed by atoms with van der Waals surface area (Å²) in [6, 6.07) is 13.7. The highest BCUT2D eigenvalue weighted by atomic mass is 19.1. The number of amides is 1. The fraction of sp³-hybridized carbons (Fsp3) is 0.381. The lowest BCUT2D eigenvalue weighted by Crippen LogP contribution is -2.52. The predicted molar refractivity (Wildman–Crippen MR) is 103 cm³/mol. The van der Waals surface area contributed by atoms with E-state index in [9.17, 15) is 9.18 Å². The summed E-state index contributed by atoms with van der Waals surface area (Å²) in [7, 11) is 1.65. The van der Waals surface area contributed by atoms with Crippen LogP contribution in [0.2, 0.25) is 0 Å². The summed E-state index contributed by atoms with van der Waals surface area (Å²) in [5.74, 6) is 0.998. The van der Waals surface area contributed by atoms with Gasteiger partial charge in [0.1, 0.15) is 17.3 Å². The maximum atomic E-state index is 13.0. The molecule has 3 rings (SSSR count). The predicted octanol–water partition coefficient (Wildman–Crippen LogP) is 3.34. The number of hydrogen-bond acceptors (Lipinski definition) is 4. The van der Waals surface area contributed by atoms with E-state index in [4.69, 9.17) is 9.47 Å². The molecule has 0 unspecified atom stereocenters. The first-order valence-electron chi connectivity index (χ1n) is 9.20. The lowest BCUT2D eigenvalue weighted by atomic mass is 10.2. The average Bonchev–Trinajstić information content (AvgIpc) is 2.73. The first kappa shape index (κ1) is 19.0. The molecule has 144 valence electrons. The fourth-order valence-electron chi connectivity index (χ4n) is 3.17. The average molecular weight is 372 g/mol. The number of hydrogen-bond donors (Lipinski definition) is 0. The van der Waals surface area contributed by atoms with E-state index < -0.39 is 6.10 Å². The Labute approximate surface area is 159 Å². The standard InChI is InChI=1S/C21H25FN2O3/c1-3-20(27-19-8-4-16(22)5-9-19)21(25)24-14-12-23(13-15-24)17-6-10-18(26-2)11-7-17/h4-11,20H,3,12-15H2,1-2H3/t20-/m0/s1. The van der Waals surface area contributed by atoms with Crippen LogP contribution in [-0.4, -0.2) is 50.2 Å². The molecule has 6 heteroatoms. The number of nitrogens with zero attached hydrogens (tertiary/aromatic N) is 2. The lowest BCUT2D eigenvalue weighted by molar-refractivity contribution is -0.139. The molecule has 0 aliphatic carbocycles. The Kier molecular flexibility index (Phi) is 6.16. The Morgan fingerprint density at radius 3 is 2.15 bits per heavy atom. The minimum absolute atomic E-state index is 0.0174. The van der Waals surface area contributed by atoms with Crippen LogP contribution in [0.4, 0.5) is 10.1 Å². The van der Waals surface area contributed by atoms with Gasteiger partial charge < -0.3 is 19.3 Å². The maximum absolute atomic E-state index is 13.0. The summed E-state index contributed by atoms with van der Waals surface area (Å²) in [5, 5.41) is 0. The van der Waals surface area contributed by atoms with Gasteiger partial charge in [-0.2, -0.15) is 0 Å². The Hall–Kier alpha value is -2.76. The van der Waals surface area contributed by atoms with Crippen molar-refractivity contribution in [3.8, 4) is 11.5 Å². The van der Waals surface area contributed by atoms with Gasteiger partial charge in [-0.3, -0.25) is 4.79 Å². The Balaban J connectivity index is 1.56. The highest BCUT2D eigenvalue weighted by Crippen LogP contribution is 2.21. The van der Waals surface area contributed by atoms with Gasteiger partial charge in [0.25, 0.3) is 5.91 Å². The molecule has 1 amide bonds. The second-order valence-corrected chi connectivity index (χ2v) is 6.48. The van der Waals surface area contributed by atoms with Crippen molar-refractivity contribution in [2.45, 2.75) is 19.4 Å². The van der Waals surface area contributed by atoms with E-state index >= 15 is 0 Å². The number of ether oxygens (including phenoxy) is 2. The Morgan fingerprint density at radius 2 is 1.59 bits per heavy atom. The van der Waals surface area contributed by atoms with Crippen molar-refractivity contribution in [2.75, 3.05) is 38.2 Å². The molecule has 0 spiro atoms. The molecule has 1 aliphatic heterocycles. The van der Waals surface area contributed by atoms with Crippen molar-refractivity contribution in [3.63, 3.8) is 0 Å². The van der Waals surface area contributed by atoms with E-state index in [1.54, 1.807) is 19.2 Å². The van der Waals surface area contributed by atoms with Crippen LogP contribution in [0.3, 0.4) is 0 Å². The fourth-order valence-corrected chi connectivity index (χ4v) is 3.17. The van der Waals surface area contributed by atoms with Gasteiger partial charge in [0, 0.05) is 31.9 Å². The van der Waals surface area contributed by atoms with Crippen LogP contribution in [0, 0.1) is 5.82 Å². The molecule has 0 N–H and O–H groups in total. The minimum atomic E-state index is -0.553. The number of benzene rings is 2. The molecular formula is C21H25FN2O3. The molecule has 0 radical (unpaired) electrons. The number of carbonyl (C=O) groups excluding carboxylic acids is 1. The van der Waals surface area contributed by atoms with Gasteiger partial charge in [-0.05, 0) is 55.0 Å². The lowest BCUT2D eigenvalue weighted by Gasteiger charge is -2.37. The van der Waals surface area contributed by atoms with E-state index in [-0.39, 0.29) is 11.7 Å². The summed E-state index contributed by atoms with van der Waals surface area (Å²) in [5.41, 5.74) is 1.12. The summed E-state index contributed by atoms with van der Waals surface area (Å²) >= 11 is 0. The number of anilines is 1. The normalized spacial score (nSPS) is 15.4. The zero-order valence-corrected chi connectivity index (χ0v) is 15.7. The van der Waals surface area contributed by atoms with Crippen LogP contribution in [-0.2, 0) is 4.79 Å². The van der Waals surface area contributed by atoms with Crippen molar-refractivity contribution in [2.24, 2.45) is 0 Å². The Bertz CT molecular complexity index is 741. The number of carbonyl (C=O) groups is 1. The van der Waals surface area contributed by atoms with Gasteiger partial charge in [-0.25, -0.2) is 4.39 Å². The smallest absolute Gasteiger partial charge is 0.263 e. The molecule has 27 heavy (non-hydrogen) atoms. The molecule has 5 nitrogen and oxygen atoms in total. The highest BCUT2D eigenvalue weighted by Gasteiger charge is 2.28. The third-order valence-electron chi connectivity index (χ3n) is 4.77. The molecule has 0 aromatic heterocycles. The molecule has 2 aromatic rings. The van der Waals surface area contributed by atoms with Crippen molar-refractivity contribution in [1.82, 2.24) is 4.90 Å². The monoisotopic (exact) mass is 372 g/mol. The molecule has 1 aliphatic rings. The number of piperazine rings is 1. The van der Waals surface area contributed by atoms with Crippen LogP contribution in [0.15, 0.2) is 48.5 Å². The van der Waals surface area contributed by atoms with Crippen molar-refractivity contribution < 1.29 is 18.7 Å². The molecular weight excluding hydrogens is 347 g/mol. The molecule has 0 saturated carbocycles. The molecule has 0 bridgehead atoms. The molecule has 1 heterocycles. The van der Waals surface area contributed by atoms with Gasteiger partial charge in [0.05, 0.1) is 7.11 Å². The van der Waals surface area contributed by atoms with Crippen LogP contribution in [0.1, 0.15) is 13.3 Å². The zero-order valence-electron chi connectivity index (χ0n) is 15.7. The van der Waals surface area contributed by atoms with Crippen molar-refractivity contribution in [3.05, 3.63) is 54.3 Å². The van der Waals surface area contributed by atoms with Gasteiger partial charge in [0.2, 0.25) is 0 Å². The van der Waals surface area contributed by atoms with Crippen LogP contribution < -0.4 is 14.4 Å². The van der Waals surface area contributed by atoms with E-state index in [1.165, 1.54) is 12.1 Å². The van der Waals surface area contributed by atoms with Gasteiger partial charge in [-0.15, -0.1) is 0 Å². The Morgan fingerprint density at radius 1 is 1.00 bits per heavy atom.